The topological polar surface area (TPSA) is 90.1 Å². The molecular weight excluding hydrogens is 372 g/mol. The smallest absolute Gasteiger partial charge is 0.306 e. The van der Waals surface area contributed by atoms with Crippen LogP contribution in [0.5, 0.6) is 11.6 Å². The molecule has 1 atom stereocenters. The second-order valence-electron chi connectivity index (χ2n) is 5.84. The van der Waals surface area contributed by atoms with E-state index in [1.54, 1.807) is 30.3 Å². The number of pyridine rings is 1. The summed E-state index contributed by atoms with van der Waals surface area (Å²) in [6.07, 6.45) is 1.28. The molecule has 0 aliphatic carbocycles. The number of carbonyl (C=O) groups is 1. The number of methoxy groups -OCH3 is 2. The number of benzene rings is 1. The van der Waals surface area contributed by atoms with Crippen molar-refractivity contribution in [3.8, 4) is 11.6 Å². The van der Waals surface area contributed by atoms with Gasteiger partial charge in [0, 0.05) is 12.1 Å². The molecule has 1 N–H and O–H groups in total. The van der Waals surface area contributed by atoms with Crippen LogP contribution in [0.2, 0.25) is 5.02 Å². The molecule has 2 heterocycles. The van der Waals surface area contributed by atoms with Crippen molar-refractivity contribution >= 4 is 23.2 Å². The maximum atomic E-state index is 13.0. The molecule has 2 aromatic heterocycles. The highest BCUT2D eigenvalue weighted by atomic mass is 35.5. The molecule has 0 radical (unpaired) electrons. The van der Waals surface area contributed by atoms with Crippen molar-refractivity contribution in [2.75, 3.05) is 14.2 Å². The SMILES string of the molecule is COC(=O)C[C@H](c1ccc(OC)cc1)c1c(O)nc2ccc(Cl)cn2c1=O. The average Bonchev–Trinajstić information content (AvgIpc) is 2.67. The monoisotopic (exact) mass is 388 g/mol. The summed E-state index contributed by atoms with van der Waals surface area (Å²) in [5.41, 5.74) is 0.365. The van der Waals surface area contributed by atoms with Gasteiger partial charge in [-0.15, -0.1) is 0 Å². The van der Waals surface area contributed by atoms with Gasteiger partial charge in [-0.3, -0.25) is 14.0 Å². The van der Waals surface area contributed by atoms with Gasteiger partial charge in [-0.1, -0.05) is 23.7 Å². The number of aromatic nitrogens is 2. The third-order valence-corrected chi connectivity index (χ3v) is 4.49. The molecule has 0 saturated heterocycles. The van der Waals surface area contributed by atoms with E-state index in [2.05, 4.69) is 4.98 Å². The van der Waals surface area contributed by atoms with Crippen molar-refractivity contribution < 1.29 is 19.4 Å². The molecule has 0 saturated carbocycles. The second-order valence-corrected chi connectivity index (χ2v) is 6.27. The van der Waals surface area contributed by atoms with Crippen molar-refractivity contribution in [1.29, 1.82) is 0 Å². The van der Waals surface area contributed by atoms with Gasteiger partial charge in [-0.25, -0.2) is 0 Å². The Bertz CT molecular complexity index is 1050. The van der Waals surface area contributed by atoms with E-state index in [0.29, 0.717) is 16.3 Å². The van der Waals surface area contributed by atoms with Crippen molar-refractivity contribution in [1.82, 2.24) is 9.38 Å². The minimum atomic E-state index is -0.751. The van der Waals surface area contributed by atoms with E-state index in [4.69, 9.17) is 21.1 Å². The highest BCUT2D eigenvalue weighted by Gasteiger charge is 2.27. The summed E-state index contributed by atoms with van der Waals surface area (Å²) in [4.78, 5) is 29.1. The molecular formula is C19H17ClN2O5. The van der Waals surface area contributed by atoms with Crippen LogP contribution in [0.4, 0.5) is 0 Å². The number of nitrogens with zero attached hydrogens (tertiary/aromatic N) is 2. The normalized spacial score (nSPS) is 12.0. The van der Waals surface area contributed by atoms with Gasteiger partial charge in [-0.05, 0) is 29.8 Å². The third kappa shape index (κ3) is 3.73. The second kappa shape index (κ2) is 7.67. The maximum absolute atomic E-state index is 13.0. The molecule has 27 heavy (non-hydrogen) atoms. The molecule has 8 heteroatoms. The van der Waals surface area contributed by atoms with Gasteiger partial charge in [-0.2, -0.15) is 4.98 Å². The first kappa shape index (κ1) is 18.7. The molecule has 1 aromatic carbocycles. The number of esters is 1. The van der Waals surface area contributed by atoms with Crippen LogP contribution in [0.1, 0.15) is 23.5 Å². The van der Waals surface area contributed by atoms with Gasteiger partial charge in [0.15, 0.2) is 0 Å². The van der Waals surface area contributed by atoms with E-state index in [-0.39, 0.29) is 17.6 Å². The lowest BCUT2D eigenvalue weighted by atomic mass is 9.89. The quantitative estimate of drug-likeness (QED) is 0.676. The Morgan fingerprint density at radius 1 is 1.22 bits per heavy atom. The fourth-order valence-electron chi connectivity index (χ4n) is 2.89. The van der Waals surface area contributed by atoms with E-state index in [0.717, 1.165) is 0 Å². The Balaban J connectivity index is 2.21. The molecule has 0 amide bonds. The first-order chi connectivity index (χ1) is 12.9. The Hall–Kier alpha value is -3.06. The average molecular weight is 389 g/mol. The van der Waals surface area contributed by atoms with Crippen LogP contribution in [0.3, 0.4) is 0 Å². The molecule has 0 unspecified atom stereocenters. The van der Waals surface area contributed by atoms with Gasteiger partial charge < -0.3 is 14.6 Å². The van der Waals surface area contributed by atoms with E-state index in [1.807, 2.05) is 0 Å². The van der Waals surface area contributed by atoms with Gasteiger partial charge in [0.1, 0.15) is 11.4 Å². The van der Waals surface area contributed by atoms with Gasteiger partial charge in [0.25, 0.3) is 5.56 Å². The van der Waals surface area contributed by atoms with Gasteiger partial charge in [0.05, 0.1) is 31.2 Å². The zero-order chi connectivity index (χ0) is 19.6. The summed E-state index contributed by atoms with van der Waals surface area (Å²) in [7, 11) is 2.80. The molecule has 0 aliphatic rings. The lowest BCUT2D eigenvalue weighted by Crippen LogP contribution is -2.24. The van der Waals surface area contributed by atoms with Crippen molar-refractivity contribution in [3.63, 3.8) is 0 Å². The Kier molecular flexibility index (Phi) is 5.32. The van der Waals surface area contributed by atoms with Crippen molar-refractivity contribution in [3.05, 3.63) is 69.1 Å². The van der Waals surface area contributed by atoms with E-state index in [1.165, 1.54) is 30.9 Å². The van der Waals surface area contributed by atoms with Crippen LogP contribution in [0.15, 0.2) is 47.4 Å². The molecule has 0 fully saturated rings. The molecule has 3 aromatic rings. The van der Waals surface area contributed by atoms with Gasteiger partial charge in [0.2, 0.25) is 5.88 Å². The van der Waals surface area contributed by atoms with Crippen LogP contribution in [0, 0.1) is 0 Å². The number of hydrogen-bond acceptors (Lipinski definition) is 6. The summed E-state index contributed by atoms with van der Waals surface area (Å²) in [5.74, 6) is -1.09. The molecule has 140 valence electrons. The zero-order valence-electron chi connectivity index (χ0n) is 14.7. The summed E-state index contributed by atoms with van der Waals surface area (Å²) in [5, 5.41) is 10.8. The standard InChI is InChI=1S/C19H17ClN2O5/c1-26-13-6-3-11(4-7-13)14(9-16(23)27-2)17-18(24)21-15-8-5-12(20)10-22(15)19(17)25/h3-8,10,14,24H,9H2,1-2H3/t14-/m1/s1. The molecule has 0 bridgehead atoms. The minimum absolute atomic E-state index is 0.00895. The maximum Gasteiger partial charge on any atom is 0.306 e. The van der Waals surface area contributed by atoms with Crippen LogP contribution in [-0.2, 0) is 9.53 Å². The number of hydrogen-bond donors (Lipinski definition) is 1. The third-order valence-electron chi connectivity index (χ3n) is 4.27. The number of ether oxygens (including phenoxy) is 2. The first-order valence-electron chi connectivity index (χ1n) is 8.06. The number of halogens is 1. The minimum Gasteiger partial charge on any atom is -0.497 e. The lowest BCUT2D eigenvalue weighted by molar-refractivity contribution is -0.140. The number of rotatable bonds is 5. The van der Waals surface area contributed by atoms with Gasteiger partial charge >= 0.3 is 5.97 Å². The molecule has 0 spiro atoms. The first-order valence-corrected chi connectivity index (χ1v) is 8.44. The Morgan fingerprint density at radius 3 is 2.56 bits per heavy atom. The van der Waals surface area contributed by atoms with Crippen LogP contribution in [-0.4, -0.2) is 34.7 Å². The summed E-state index contributed by atoms with van der Waals surface area (Å²) in [6, 6.07) is 9.95. The highest BCUT2D eigenvalue weighted by Crippen LogP contribution is 2.32. The molecule has 3 rings (SSSR count). The Morgan fingerprint density at radius 2 is 1.93 bits per heavy atom. The zero-order valence-corrected chi connectivity index (χ0v) is 15.4. The summed E-state index contributed by atoms with van der Waals surface area (Å²) >= 11 is 5.98. The van der Waals surface area contributed by atoms with E-state index < -0.39 is 23.3 Å². The van der Waals surface area contributed by atoms with Crippen LogP contribution in [0.25, 0.3) is 5.65 Å². The lowest BCUT2D eigenvalue weighted by Gasteiger charge is -2.18. The largest absolute Gasteiger partial charge is 0.497 e. The highest BCUT2D eigenvalue weighted by molar-refractivity contribution is 6.30. The fraction of sp³-hybridized carbons (Fsp3) is 0.211. The fourth-order valence-corrected chi connectivity index (χ4v) is 3.05. The Labute approximate surface area is 159 Å². The summed E-state index contributed by atoms with van der Waals surface area (Å²) in [6.45, 7) is 0. The van der Waals surface area contributed by atoms with Crippen LogP contribution >= 0.6 is 11.6 Å². The molecule has 0 aliphatic heterocycles. The predicted octanol–water partition coefficient (Wildman–Crippen LogP) is 2.76. The number of carbonyl (C=O) groups excluding carboxylic acids is 1. The number of aromatic hydroxyl groups is 1. The van der Waals surface area contributed by atoms with E-state index >= 15 is 0 Å². The number of fused-ring (bicyclic) bond motifs is 1. The predicted molar refractivity (Wildman–Crippen MR) is 99.6 cm³/mol. The van der Waals surface area contributed by atoms with Crippen molar-refractivity contribution in [2.24, 2.45) is 0 Å². The van der Waals surface area contributed by atoms with E-state index in [9.17, 15) is 14.7 Å². The molecule has 7 nitrogen and oxygen atoms in total. The summed E-state index contributed by atoms with van der Waals surface area (Å²) < 4.78 is 11.1. The van der Waals surface area contributed by atoms with Crippen molar-refractivity contribution in [2.45, 2.75) is 12.3 Å². The van der Waals surface area contributed by atoms with Crippen LogP contribution < -0.4 is 10.3 Å².